The third-order valence-electron chi connectivity index (χ3n) is 3.64. The fraction of sp³-hybridized carbons (Fsp3) is 0.316. The topological polar surface area (TPSA) is 47.6 Å². The van der Waals surface area contributed by atoms with E-state index in [9.17, 15) is 9.18 Å². The highest BCUT2D eigenvalue weighted by Gasteiger charge is 2.14. The van der Waals surface area contributed by atoms with Gasteiger partial charge in [0, 0.05) is 0 Å². The summed E-state index contributed by atoms with van der Waals surface area (Å²) in [6, 6.07) is 11.5. The van der Waals surface area contributed by atoms with Gasteiger partial charge in [-0.2, -0.15) is 0 Å². The number of halogens is 1. The van der Waals surface area contributed by atoms with Crippen molar-refractivity contribution in [1.29, 1.82) is 0 Å². The lowest BCUT2D eigenvalue weighted by atomic mass is 10.1. The Bertz CT molecular complexity index is 686. The molecule has 0 aliphatic heterocycles. The van der Waals surface area contributed by atoms with Crippen molar-refractivity contribution in [1.82, 2.24) is 5.32 Å². The Hall–Kier alpha value is -2.56. The van der Waals surface area contributed by atoms with Gasteiger partial charge in [-0.1, -0.05) is 6.07 Å². The summed E-state index contributed by atoms with van der Waals surface area (Å²) in [6.07, 6.45) is -0.599. The van der Waals surface area contributed by atoms with Crippen LogP contribution < -0.4 is 14.8 Å². The highest BCUT2D eigenvalue weighted by Crippen LogP contribution is 2.17. The molecule has 24 heavy (non-hydrogen) atoms. The number of carbonyl (C=O) groups is 1. The summed E-state index contributed by atoms with van der Waals surface area (Å²) in [6.45, 7) is 6.37. The van der Waals surface area contributed by atoms with E-state index in [0.29, 0.717) is 24.7 Å². The fourth-order valence-electron chi connectivity index (χ4n) is 2.06. The maximum absolute atomic E-state index is 12.8. The van der Waals surface area contributed by atoms with E-state index in [-0.39, 0.29) is 11.7 Å². The lowest BCUT2D eigenvalue weighted by Crippen LogP contribution is -2.38. The van der Waals surface area contributed by atoms with Crippen LogP contribution in [0.3, 0.4) is 0 Å². The molecule has 0 fully saturated rings. The molecule has 1 N–H and O–H groups in total. The second kappa shape index (κ2) is 8.34. The van der Waals surface area contributed by atoms with Gasteiger partial charge in [-0.15, -0.1) is 0 Å². The lowest BCUT2D eigenvalue weighted by Gasteiger charge is -2.15. The molecule has 0 aliphatic rings. The number of amides is 1. The van der Waals surface area contributed by atoms with Gasteiger partial charge >= 0.3 is 0 Å². The molecule has 5 heteroatoms. The second-order valence-corrected chi connectivity index (χ2v) is 5.60. The average molecular weight is 331 g/mol. The van der Waals surface area contributed by atoms with Crippen molar-refractivity contribution < 1.29 is 18.7 Å². The Morgan fingerprint density at radius 1 is 1.08 bits per heavy atom. The third-order valence-corrected chi connectivity index (χ3v) is 3.64. The maximum atomic E-state index is 12.8. The predicted molar refractivity (Wildman–Crippen MR) is 90.9 cm³/mol. The molecule has 1 amide bonds. The summed E-state index contributed by atoms with van der Waals surface area (Å²) in [5, 5.41) is 2.75. The van der Waals surface area contributed by atoms with E-state index in [1.165, 1.54) is 17.7 Å². The average Bonchev–Trinajstić information content (AvgIpc) is 2.56. The molecule has 0 unspecified atom stereocenters. The van der Waals surface area contributed by atoms with Crippen LogP contribution in [0.5, 0.6) is 11.5 Å². The standard InChI is InChI=1S/C19H22FNO3/c1-13-4-7-18(12-14(13)2)24-15(3)19(22)21-10-11-23-17-8-5-16(20)6-9-17/h4-9,12,15H,10-11H2,1-3H3,(H,21,22)/t15-/m1/s1. The SMILES string of the molecule is Cc1ccc(O[C@H](C)C(=O)NCCOc2ccc(F)cc2)cc1C. The molecule has 0 saturated heterocycles. The van der Waals surface area contributed by atoms with E-state index in [1.54, 1.807) is 19.1 Å². The normalized spacial score (nSPS) is 11.7. The molecule has 4 nitrogen and oxygen atoms in total. The van der Waals surface area contributed by atoms with Gasteiger partial charge in [-0.05, 0) is 68.3 Å². The zero-order chi connectivity index (χ0) is 17.5. The number of hydrogen-bond donors (Lipinski definition) is 1. The van der Waals surface area contributed by atoms with E-state index in [1.807, 2.05) is 32.0 Å². The van der Waals surface area contributed by atoms with E-state index >= 15 is 0 Å². The molecule has 128 valence electrons. The number of aryl methyl sites for hydroxylation is 2. The van der Waals surface area contributed by atoms with Crippen LogP contribution in [-0.2, 0) is 4.79 Å². The van der Waals surface area contributed by atoms with Crippen molar-refractivity contribution >= 4 is 5.91 Å². The minimum Gasteiger partial charge on any atom is -0.492 e. The molecule has 1 atom stereocenters. The zero-order valence-corrected chi connectivity index (χ0v) is 14.1. The molecule has 2 rings (SSSR count). The van der Waals surface area contributed by atoms with Gasteiger partial charge in [0.2, 0.25) is 0 Å². The molecule has 0 aromatic heterocycles. The van der Waals surface area contributed by atoms with Crippen LogP contribution in [0.1, 0.15) is 18.1 Å². The summed E-state index contributed by atoms with van der Waals surface area (Å²) < 4.78 is 23.8. The summed E-state index contributed by atoms with van der Waals surface area (Å²) in [7, 11) is 0. The number of ether oxygens (including phenoxy) is 2. The van der Waals surface area contributed by atoms with Gasteiger partial charge in [0.15, 0.2) is 6.10 Å². The number of rotatable bonds is 7. The Labute approximate surface area is 141 Å². The van der Waals surface area contributed by atoms with Gasteiger partial charge in [-0.3, -0.25) is 4.79 Å². The van der Waals surface area contributed by atoms with Crippen LogP contribution in [0, 0.1) is 19.7 Å². The Morgan fingerprint density at radius 2 is 1.75 bits per heavy atom. The first-order valence-electron chi connectivity index (χ1n) is 7.85. The number of nitrogens with one attached hydrogen (secondary N) is 1. The van der Waals surface area contributed by atoms with Crippen LogP contribution in [0.4, 0.5) is 4.39 Å². The van der Waals surface area contributed by atoms with Gasteiger partial charge in [0.05, 0.1) is 6.54 Å². The van der Waals surface area contributed by atoms with Gasteiger partial charge in [-0.25, -0.2) is 4.39 Å². The van der Waals surface area contributed by atoms with Crippen molar-refractivity contribution in [3.05, 3.63) is 59.4 Å². The first-order valence-corrected chi connectivity index (χ1v) is 7.85. The van der Waals surface area contributed by atoms with Crippen LogP contribution in [0.15, 0.2) is 42.5 Å². The van der Waals surface area contributed by atoms with Crippen molar-refractivity contribution in [2.75, 3.05) is 13.2 Å². The molecular weight excluding hydrogens is 309 g/mol. The number of benzene rings is 2. The molecule has 0 radical (unpaired) electrons. The van der Waals surface area contributed by atoms with Crippen LogP contribution >= 0.6 is 0 Å². The third kappa shape index (κ3) is 5.26. The van der Waals surface area contributed by atoms with E-state index in [2.05, 4.69) is 5.32 Å². The maximum Gasteiger partial charge on any atom is 0.260 e. The van der Waals surface area contributed by atoms with Gasteiger partial charge in [0.1, 0.15) is 23.9 Å². The summed E-state index contributed by atoms with van der Waals surface area (Å²) in [4.78, 5) is 12.0. The molecule has 0 heterocycles. The van der Waals surface area contributed by atoms with Crippen molar-refractivity contribution in [2.45, 2.75) is 26.9 Å². The first kappa shape index (κ1) is 17.8. The monoisotopic (exact) mass is 331 g/mol. The first-order chi connectivity index (χ1) is 11.5. The molecule has 2 aromatic carbocycles. The molecule has 0 bridgehead atoms. The number of hydrogen-bond acceptors (Lipinski definition) is 3. The Balaban J connectivity index is 1.73. The predicted octanol–water partition coefficient (Wildman–Crippen LogP) is 3.41. The Morgan fingerprint density at radius 3 is 2.42 bits per heavy atom. The van der Waals surface area contributed by atoms with Gasteiger partial charge in [0.25, 0.3) is 5.91 Å². The molecule has 0 aliphatic carbocycles. The highest BCUT2D eigenvalue weighted by atomic mass is 19.1. The van der Waals surface area contributed by atoms with E-state index in [0.717, 1.165) is 5.56 Å². The van der Waals surface area contributed by atoms with Crippen molar-refractivity contribution in [2.24, 2.45) is 0 Å². The minimum atomic E-state index is -0.599. The second-order valence-electron chi connectivity index (χ2n) is 5.60. The van der Waals surface area contributed by atoms with Crippen molar-refractivity contribution in [3.63, 3.8) is 0 Å². The molecule has 0 spiro atoms. The summed E-state index contributed by atoms with van der Waals surface area (Å²) in [5.74, 6) is 0.706. The van der Waals surface area contributed by atoms with Crippen LogP contribution in [0.2, 0.25) is 0 Å². The van der Waals surface area contributed by atoms with E-state index < -0.39 is 6.10 Å². The van der Waals surface area contributed by atoms with Gasteiger partial charge < -0.3 is 14.8 Å². The molecule has 2 aromatic rings. The van der Waals surface area contributed by atoms with E-state index in [4.69, 9.17) is 9.47 Å². The zero-order valence-electron chi connectivity index (χ0n) is 14.1. The van der Waals surface area contributed by atoms with Crippen LogP contribution in [-0.4, -0.2) is 25.2 Å². The van der Waals surface area contributed by atoms with Crippen LogP contribution in [0.25, 0.3) is 0 Å². The lowest BCUT2D eigenvalue weighted by molar-refractivity contribution is -0.127. The number of carbonyl (C=O) groups excluding carboxylic acids is 1. The largest absolute Gasteiger partial charge is 0.492 e. The molecule has 0 saturated carbocycles. The quantitative estimate of drug-likeness (QED) is 0.791. The summed E-state index contributed by atoms with van der Waals surface area (Å²) >= 11 is 0. The fourth-order valence-corrected chi connectivity index (χ4v) is 2.06. The Kier molecular flexibility index (Phi) is 6.18. The summed E-state index contributed by atoms with van der Waals surface area (Å²) in [5.41, 5.74) is 2.30. The highest BCUT2D eigenvalue weighted by molar-refractivity contribution is 5.80. The smallest absolute Gasteiger partial charge is 0.260 e. The minimum absolute atomic E-state index is 0.212. The molecular formula is C19H22FNO3. The van der Waals surface area contributed by atoms with Crippen molar-refractivity contribution in [3.8, 4) is 11.5 Å².